The van der Waals surface area contributed by atoms with Crippen molar-refractivity contribution >= 4 is 28.1 Å². The van der Waals surface area contributed by atoms with Crippen molar-refractivity contribution in [3.63, 3.8) is 0 Å². The highest BCUT2D eigenvalue weighted by Crippen LogP contribution is 2.23. The summed E-state index contributed by atoms with van der Waals surface area (Å²) >= 11 is 0. The predicted molar refractivity (Wildman–Crippen MR) is 119 cm³/mol. The van der Waals surface area contributed by atoms with Crippen molar-refractivity contribution in [2.24, 2.45) is 0 Å². The fraction of sp³-hybridized carbons (Fsp3) is 0.0870. The van der Waals surface area contributed by atoms with Crippen molar-refractivity contribution in [1.82, 2.24) is 5.32 Å². The van der Waals surface area contributed by atoms with Gasteiger partial charge in [0.25, 0.3) is 0 Å². The number of ether oxygens (including phenoxy) is 1. The normalized spacial score (nSPS) is 15.8. The van der Waals surface area contributed by atoms with Crippen molar-refractivity contribution in [2.45, 2.75) is 12.1 Å². The van der Waals surface area contributed by atoms with Gasteiger partial charge in [0, 0.05) is 23.1 Å². The number of hydrogen-bond acceptors (Lipinski definition) is 5. The minimum Gasteiger partial charge on any atom is -0.450 e. The molecule has 6 nitrogen and oxygen atoms in total. The number of nitrogens with one attached hydrogen (secondary N) is 3. The summed E-state index contributed by atoms with van der Waals surface area (Å²) in [5.74, 6) is 1.12. The van der Waals surface area contributed by atoms with Crippen LogP contribution in [-0.4, -0.2) is 10.6 Å². The lowest BCUT2D eigenvalue weighted by Crippen LogP contribution is -2.30. The molecule has 0 aromatic heterocycles. The highest BCUT2D eigenvalue weighted by Gasteiger charge is 2.18. The summed E-state index contributed by atoms with van der Waals surface area (Å²) in [6, 6.07) is 26.6. The molecule has 1 heterocycles. The van der Waals surface area contributed by atoms with Gasteiger partial charge in [0.15, 0.2) is 0 Å². The van der Waals surface area contributed by atoms with Gasteiger partial charge in [-0.1, -0.05) is 36.4 Å². The van der Waals surface area contributed by atoms with E-state index in [0.717, 1.165) is 22.5 Å². The second kappa shape index (κ2) is 9.16. The van der Waals surface area contributed by atoms with Crippen LogP contribution in [0.5, 0.6) is 0 Å². The summed E-state index contributed by atoms with van der Waals surface area (Å²) < 4.78 is 21.3. The van der Waals surface area contributed by atoms with Crippen LogP contribution in [0.3, 0.4) is 0 Å². The molecule has 2 atom stereocenters. The first kappa shape index (κ1) is 19.6. The molecule has 3 aromatic rings. The first-order chi connectivity index (χ1) is 14.7. The fourth-order valence-electron chi connectivity index (χ4n) is 2.99. The van der Waals surface area contributed by atoms with Gasteiger partial charge in [0.05, 0.1) is 17.4 Å². The first-order valence-electron chi connectivity index (χ1n) is 9.38. The average molecular weight is 417 g/mol. The SMILES string of the molecule is N#Cc1ccc(C2=CNC(Nc3cccc(NS(=O)Cc4ccccc4)c3)O2)cc1. The second-order valence-electron chi connectivity index (χ2n) is 6.66. The number of anilines is 2. The van der Waals surface area contributed by atoms with E-state index in [1.165, 1.54) is 0 Å². The van der Waals surface area contributed by atoms with E-state index in [9.17, 15) is 4.21 Å². The molecule has 4 rings (SSSR count). The average Bonchev–Trinajstić information content (AvgIpc) is 3.23. The zero-order valence-electron chi connectivity index (χ0n) is 16.0. The van der Waals surface area contributed by atoms with E-state index in [-0.39, 0.29) is 0 Å². The number of hydrogen-bond donors (Lipinski definition) is 3. The molecule has 0 bridgehead atoms. The van der Waals surface area contributed by atoms with Gasteiger partial charge in [-0.15, -0.1) is 0 Å². The van der Waals surface area contributed by atoms with Gasteiger partial charge in [-0.05, 0) is 48.0 Å². The van der Waals surface area contributed by atoms with E-state index in [0.29, 0.717) is 17.1 Å². The van der Waals surface area contributed by atoms with Gasteiger partial charge in [0.1, 0.15) is 16.7 Å². The van der Waals surface area contributed by atoms with Crippen LogP contribution in [0.15, 0.2) is 85.1 Å². The summed E-state index contributed by atoms with van der Waals surface area (Å²) in [4.78, 5) is 0. The highest BCUT2D eigenvalue weighted by atomic mass is 32.2. The van der Waals surface area contributed by atoms with Crippen molar-refractivity contribution in [3.8, 4) is 6.07 Å². The van der Waals surface area contributed by atoms with Crippen LogP contribution < -0.4 is 15.4 Å². The molecule has 2 unspecified atom stereocenters. The summed E-state index contributed by atoms with van der Waals surface area (Å²) in [6.45, 7) is 0. The van der Waals surface area contributed by atoms with Crippen LogP contribution in [0.4, 0.5) is 11.4 Å². The lowest BCUT2D eigenvalue weighted by atomic mass is 10.1. The Labute approximate surface area is 177 Å². The highest BCUT2D eigenvalue weighted by molar-refractivity contribution is 7.85. The van der Waals surface area contributed by atoms with Gasteiger partial charge in [-0.3, -0.25) is 0 Å². The molecule has 7 heteroatoms. The molecule has 0 aliphatic carbocycles. The van der Waals surface area contributed by atoms with E-state index in [2.05, 4.69) is 21.4 Å². The molecule has 1 aliphatic heterocycles. The zero-order valence-corrected chi connectivity index (χ0v) is 16.9. The van der Waals surface area contributed by atoms with Crippen molar-refractivity contribution < 1.29 is 8.95 Å². The molecular weight excluding hydrogens is 396 g/mol. The predicted octanol–water partition coefficient (Wildman–Crippen LogP) is 4.15. The monoisotopic (exact) mass is 416 g/mol. The summed E-state index contributed by atoms with van der Waals surface area (Å²) in [6.07, 6.45) is 1.36. The van der Waals surface area contributed by atoms with Crippen LogP contribution in [0, 0.1) is 11.3 Å². The van der Waals surface area contributed by atoms with E-state index in [4.69, 9.17) is 10.00 Å². The van der Waals surface area contributed by atoms with Crippen LogP contribution in [0.2, 0.25) is 0 Å². The summed E-state index contributed by atoms with van der Waals surface area (Å²) in [5, 5.41) is 15.3. The van der Waals surface area contributed by atoms with Crippen molar-refractivity contribution in [1.29, 1.82) is 5.26 Å². The first-order valence-corrected chi connectivity index (χ1v) is 10.7. The molecule has 0 saturated carbocycles. The molecule has 0 saturated heterocycles. The van der Waals surface area contributed by atoms with E-state index in [1.807, 2.05) is 66.7 Å². The van der Waals surface area contributed by atoms with Gasteiger partial charge in [-0.2, -0.15) is 5.26 Å². The maximum atomic E-state index is 12.4. The third-order valence-electron chi connectivity index (χ3n) is 4.44. The largest absolute Gasteiger partial charge is 0.450 e. The number of nitrogens with zero attached hydrogens (tertiary/aromatic N) is 1. The molecule has 1 aliphatic rings. The van der Waals surface area contributed by atoms with Crippen molar-refractivity contribution in [2.75, 3.05) is 10.0 Å². The molecule has 0 fully saturated rings. The minimum atomic E-state index is -1.23. The third-order valence-corrected chi connectivity index (χ3v) is 5.50. The Bertz CT molecular complexity index is 1110. The van der Waals surface area contributed by atoms with Gasteiger partial charge < -0.3 is 20.1 Å². The summed E-state index contributed by atoms with van der Waals surface area (Å²) in [5.41, 5.74) is 4.09. The number of benzene rings is 3. The Morgan fingerprint density at radius 2 is 1.77 bits per heavy atom. The zero-order chi connectivity index (χ0) is 20.8. The lowest BCUT2D eigenvalue weighted by molar-refractivity contribution is 0.199. The third kappa shape index (κ3) is 4.99. The van der Waals surface area contributed by atoms with Crippen LogP contribution in [-0.2, 0) is 21.5 Å². The molecular formula is C23H20N4O2S. The molecule has 30 heavy (non-hydrogen) atoms. The molecule has 3 aromatic carbocycles. The van der Waals surface area contributed by atoms with Crippen LogP contribution in [0.25, 0.3) is 5.76 Å². The Balaban J connectivity index is 1.33. The Morgan fingerprint density at radius 3 is 2.53 bits per heavy atom. The van der Waals surface area contributed by atoms with Crippen LogP contribution in [0.1, 0.15) is 16.7 Å². The second-order valence-corrected chi connectivity index (χ2v) is 7.85. The molecule has 0 radical (unpaired) electrons. The maximum absolute atomic E-state index is 12.4. The molecule has 0 amide bonds. The smallest absolute Gasteiger partial charge is 0.248 e. The summed E-state index contributed by atoms with van der Waals surface area (Å²) in [7, 11) is -1.23. The van der Waals surface area contributed by atoms with E-state index < -0.39 is 17.3 Å². The Morgan fingerprint density at radius 1 is 1.00 bits per heavy atom. The lowest BCUT2D eigenvalue weighted by Gasteiger charge is -2.17. The quantitative estimate of drug-likeness (QED) is 0.539. The van der Waals surface area contributed by atoms with Gasteiger partial charge in [0.2, 0.25) is 6.35 Å². The van der Waals surface area contributed by atoms with Gasteiger partial charge in [-0.25, -0.2) is 4.21 Å². The topological polar surface area (TPSA) is 86.2 Å². The standard InChI is InChI=1S/C23H20N4O2S/c24-14-17-9-11-19(12-10-17)22-15-25-23(29-22)26-20-7-4-8-21(13-20)27-30(28)16-18-5-2-1-3-6-18/h1-13,15,23,25-27H,16H2. The molecule has 0 spiro atoms. The Hall–Kier alpha value is -3.76. The number of rotatable bonds is 7. The minimum absolute atomic E-state index is 0.430. The maximum Gasteiger partial charge on any atom is 0.248 e. The molecule has 3 N–H and O–H groups in total. The van der Waals surface area contributed by atoms with E-state index in [1.54, 1.807) is 18.3 Å². The molecule has 150 valence electrons. The fourth-order valence-corrected chi connectivity index (χ4v) is 3.95. The van der Waals surface area contributed by atoms with Crippen molar-refractivity contribution in [3.05, 3.63) is 102 Å². The Kier molecular flexibility index (Phi) is 5.97. The number of nitriles is 1. The van der Waals surface area contributed by atoms with Gasteiger partial charge >= 0.3 is 0 Å². The van der Waals surface area contributed by atoms with E-state index >= 15 is 0 Å². The van der Waals surface area contributed by atoms with Crippen LogP contribution >= 0.6 is 0 Å².